The van der Waals surface area contributed by atoms with Crippen molar-refractivity contribution in [3.8, 4) is 0 Å². The van der Waals surface area contributed by atoms with E-state index in [2.05, 4.69) is 29.0 Å². The smallest absolute Gasteiger partial charge is 0.103 e. The largest absolute Gasteiger partial charge is 0.316 e. The molecule has 2 atom stereocenters. The Labute approximate surface area is 150 Å². The summed E-state index contributed by atoms with van der Waals surface area (Å²) < 4.78 is 0. The Hall–Kier alpha value is -0.670. The maximum atomic E-state index is 5.97. The van der Waals surface area contributed by atoms with Crippen LogP contribution in [-0.2, 0) is 0 Å². The van der Waals surface area contributed by atoms with E-state index in [1.807, 2.05) is 13.1 Å². The van der Waals surface area contributed by atoms with Gasteiger partial charge < -0.3 is 5.73 Å². The Kier molecular flexibility index (Phi) is 13.1. The van der Waals surface area contributed by atoms with Gasteiger partial charge in [-0.1, -0.05) is 70.4 Å². The standard InChI is InChI=1S/C21H41N3/c1-3-4-5-6-7-8-9-10-11-12-13-14-15-16-17-21-23-18-19-24(21)20(2)22/h13-14,18,20-21H,3-12,15-17,19,22H2,1-2H3/b14-13+. The highest BCUT2D eigenvalue weighted by atomic mass is 15.3. The Balaban J connectivity index is 1.86. The van der Waals surface area contributed by atoms with Crippen LogP contribution in [0.15, 0.2) is 17.1 Å². The molecule has 1 aliphatic heterocycles. The molecule has 0 aromatic rings. The van der Waals surface area contributed by atoms with Crippen LogP contribution in [0.4, 0.5) is 0 Å². The number of rotatable bonds is 15. The molecule has 0 saturated carbocycles. The summed E-state index contributed by atoms with van der Waals surface area (Å²) in [4.78, 5) is 6.80. The van der Waals surface area contributed by atoms with E-state index in [0.717, 1.165) is 13.0 Å². The number of nitrogens with zero attached hydrogens (tertiary/aromatic N) is 2. The topological polar surface area (TPSA) is 41.6 Å². The molecule has 0 saturated heterocycles. The van der Waals surface area contributed by atoms with Crippen LogP contribution in [0.25, 0.3) is 0 Å². The van der Waals surface area contributed by atoms with E-state index in [1.165, 1.54) is 77.0 Å². The lowest BCUT2D eigenvalue weighted by atomic mass is 10.1. The van der Waals surface area contributed by atoms with E-state index in [1.54, 1.807) is 0 Å². The van der Waals surface area contributed by atoms with Crippen molar-refractivity contribution in [1.29, 1.82) is 0 Å². The van der Waals surface area contributed by atoms with Gasteiger partial charge in [0.05, 0.1) is 6.17 Å². The maximum absolute atomic E-state index is 5.97. The second-order valence-corrected chi connectivity index (χ2v) is 7.27. The first kappa shape index (κ1) is 21.4. The van der Waals surface area contributed by atoms with Gasteiger partial charge in [-0.05, 0) is 39.0 Å². The van der Waals surface area contributed by atoms with Crippen LogP contribution in [0.2, 0.25) is 0 Å². The van der Waals surface area contributed by atoms with Crippen LogP contribution in [0.5, 0.6) is 0 Å². The van der Waals surface area contributed by atoms with Crippen molar-refractivity contribution in [1.82, 2.24) is 4.90 Å². The SMILES string of the molecule is CCCCCCCCCCC/C=C/CCCC1N=CCN1C(C)N. The van der Waals surface area contributed by atoms with Gasteiger partial charge in [0.15, 0.2) is 0 Å². The molecule has 0 aromatic heterocycles. The summed E-state index contributed by atoms with van der Waals surface area (Å²) >= 11 is 0. The second-order valence-electron chi connectivity index (χ2n) is 7.27. The van der Waals surface area contributed by atoms with Crippen molar-refractivity contribution >= 4 is 6.21 Å². The van der Waals surface area contributed by atoms with Crippen molar-refractivity contribution in [3.63, 3.8) is 0 Å². The van der Waals surface area contributed by atoms with Crippen molar-refractivity contribution in [2.75, 3.05) is 6.54 Å². The van der Waals surface area contributed by atoms with Crippen LogP contribution >= 0.6 is 0 Å². The van der Waals surface area contributed by atoms with E-state index in [4.69, 9.17) is 5.73 Å². The zero-order chi connectivity index (χ0) is 17.5. The van der Waals surface area contributed by atoms with Gasteiger partial charge in [0.25, 0.3) is 0 Å². The van der Waals surface area contributed by atoms with Gasteiger partial charge >= 0.3 is 0 Å². The molecular formula is C21H41N3. The van der Waals surface area contributed by atoms with Crippen LogP contribution in [0.3, 0.4) is 0 Å². The number of hydrogen-bond acceptors (Lipinski definition) is 3. The highest BCUT2D eigenvalue weighted by molar-refractivity contribution is 5.62. The predicted molar refractivity (Wildman–Crippen MR) is 107 cm³/mol. The molecule has 3 heteroatoms. The maximum Gasteiger partial charge on any atom is 0.103 e. The molecular weight excluding hydrogens is 294 g/mol. The van der Waals surface area contributed by atoms with E-state index < -0.39 is 0 Å². The minimum atomic E-state index is 0.111. The first-order valence-electron chi connectivity index (χ1n) is 10.4. The molecule has 1 aliphatic rings. The molecule has 0 aliphatic carbocycles. The molecule has 24 heavy (non-hydrogen) atoms. The summed E-state index contributed by atoms with van der Waals surface area (Å²) in [6.07, 6.45) is 24.6. The molecule has 2 N–H and O–H groups in total. The van der Waals surface area contributed by atoms with Crippen LogP contribution < -0.4 is 5.73 Å². The number of unbranched alkanes of at least 4 members (excludes halogenated alkanes) is 10. The number of hydrogen-bond donors (Lipinski definition) is 1. The number of allylic oxidation sites excluding steroid dienone is 2. The van der Waals surface area contributed by atoms with Crippen LogP contribution in [0, 0.1) is 0 Å². The normalized spacial score (nSPS) is 19.5. The quantitative estimate of drug-likeness (QED) is 0.310. The Morgan fingerprint density at radius 1 is 1.00 bits per heavy atom. The van der Waals surface area contributed by atoms with Crippen molar-refractivity contribution in [2.24, 2.45) is 10.7 Å². The fourth-order valence-electron chi connectivity index (χ4n) is 3.38. The molecule has 140 valence electrons. The summed E-state index contributed by atoms with van der Waals surface area (Å²) in [6, 6.07) is 0. The Morgan fingerprint density at radius 3 is 2.21 bits per heavy atom. The van der Waals surface area contributed by atoms with E-state index in [9.17, 15) is 0 Å². The Bertz CT molecular complexity index is 336. The molecule has 2 unspecified atom stereocenters. The molecule has 0 fully saturated rings. The Morgan fingerprint density at radius 2 is 1.58 bits per heavy atom. The van der Waals surface area contributed by atoms with Gasteiger partial charge in [-0.25, -0.2) is 0 Å². The zero-order valence-corrected chi connectivity index (χ0v) is 16.3. The molecule has 0 aromatic carbocycles. The lowest BCUT2D eigenvalue weighted by Crippen LogP contribution is -2.43. The lowest BCUT2D eigenvalue weighted by molar-refractivity contribution is 0.183. The van der Waals surface area contributed by atoms with Crippen molar-refractivity contribution in [2.45, 2.75) is 110 Å². The van der Waals surface area contributed by atoms with Crippen molar-refractivity contribution in [3.05, 3.63) is 12.2 Å². The van der Waals surface area contributed by atoms with Gasteiger partial charge in [0.2, 0.25) is 0 Å². The zero-order valence-electron chi connectivity index (χ0n) is 16.3. The fourth-order valence-corrected chi connectivity index (χ4v) is 3.38. The molecule has 0 spiro atoms. The third-order valence-electron chi connectivity index (χ3n) is 4.95. The predicted octanol–water partition coefficient (Wildman–Crippen LogP) is 5.65. The average Bonchev–Trinajstić information content (AvgIpc) is 3.04. The minimum Gasteiger partial charge on any atom is -0.316 e. The van der Waals surface area contributed by atoms with Crippen LogP contribution in [0.1, 0.15) is 97.3 Å². The monoisotopic (exact) mass is 335 g/mol. The van der Waals surface area contributed by atoms with E-state index in [-0.39, 0.29) is 6.17 Å². The van der Waals surface area contributed by atoms with Gasteiger partial charge in [-0.3, -0.25) is 9.89 Å². The van der Waals surface area contributed by atoms with E-state index in [0.29, 0.717) is 6.17 Å². The molecule has 1 rings (SSSR count). The first-order chi connectivity index (χ1) is 11.8. The summed E-state index contributed by atoms with van der Waals surface area (Å²) in [5, 5.41) is 0. The highest BCUT2D eigenvalue weighted by Gasteiger charge is 2.22. The van der Waals surface area contributed by atoms with Gasteiger partial charge in [-0.15, -0.1) is 0 Å². The third-order valence-corrected chi connectivity index (χ3v) is 4.95. The summed E-state index contributed by atoms with van der Waals surface area (Å²) in [7, 11) is 0. The molecule has 0 amide bonds. The fraction of sp³-hybridized carbons (Fsp3) is 0.857. The molecule has 1 heterocycles. The first-order valence-corrected chi connectivity index (χ1v) is 10.4. The van der Waals surface area contributed by atoms with Crippen LogP contribution in [-0.4, -0.2) is 30.0 Å². The number of aliphatic imine (C=N–C) groups is 1. The van der Waals surface area contributed by atoms with Gasteiger partial charge in [-0.2, -0.15) is 0 Å². The van der Waals surface area contributed by atoms with Gasteiger partial charge in [0.1, 0.15) is 6.17 Å². The van der Waals surface area contributed by atoms with Gasteiger partial charge in [0, 0.05) is 12.8 Å². The minimum absolute atomic E-state index is 0.111. The summed E-state index contributed by atoms with van der Waals surface area (Å²) in [5.74, 6) is 0. The number of nitrogens with two attached hydrogens (primary N) is 1. The second kappa shape index (κ2) is 14.7. The average molecular weight is 336 g/mol. The highest BCUT2D eigenvalue weighted by Crippen LogP contribution is 2.16. The molecule has 0 radical (unpaired) electrons. The summed E-state index contributed by atoms with van der Waals surface area (Å²) in [6.45, 7) is 5.25. The van der Waals surface area contributed by atoms with E-state index >= 15 is 0 Å². The molecule has 0 bridgehead atoms. The lowest BCUT2D eigenvalue weighted by Gasteiger charge is -2.26. The molecule has 3 nitrogen and oxygen atoms in total. The van der Waals surface area contributed by atoms with Crippen molar-refractivity contribution < 1.29 is 0 Å². The third kappa shape index (κ3) is 10.2. The summed E-state index contributed by atoms with van der Waals surface area (Å²) in [5.41, 5.74) is 5.97.